The SMILES string of the molecule is CCS(=O)(=O)C/C=C/CN. The molecule has 0 saturated heterocycles. The van der Waals surface area contributed by atoms with Crippen LogP contribution in [0.1, 0.15) is 6.92 Å². The van der Waals surface area contributed by atoms with Gasteiger partial charge in [-0.1, -0.05) is 19.1 Å². The first-order valence-electron chi connectivity index (χ1n) is 3.18. The summed E-state index contributed by atoms with van der Waals surface area (Å²) in [4.78, 5) is 0. The van der Waals surface area contributed by atoms with Crippen molar-refractivity contribution in [2.45, 2.75) is 6.92 Å². The van der Waals surface area contributed by atoms with Crippen molar-refractivity contribution in [3.05, 3.63) is 12.2 Å². The summed E-state index contributed by atoms with van der Waals surface area (Å²) in [6.45, 7) is 2.03. The number of hydrogen-bond acceptors (Lipinski definition) is 3. The highest BCUT2D eigenvalue weighted by atomic mass is 32.2. The fourth-order valence-corrected chi connectivity index (χ4v) is 1.09. The van der Waals surface area contributed by atoms with Gasteiger partial charge in [-0.05, 0) is 0 Å². The Morgan fingerprint density at radius 2 is 2.00 bits per heavy atom. The summed E-state index contributed by atoms with van der Waals surface area (Å²) in [5, 5.41) is 0. The minimum Gasteiger partial charge on any atom is -0.327 e. The first-order chi connectivity index (χ1) is 4.62. The summed E-state index contributed by atoms with van der Waals surface area (Å²) in [7, 11) is -2.83. The van der Waals surface area contributed by atoms with Gasteiger partial charge in [0.05, 0.1) is 5.75 Å². The van der Waals surface area contributed by atoms with Crippen molar-refractivity contribution in [3.8, 4) is 0 Å². The van der Waals surface area contributed by atoms with Gasteiger partial charge in [-0.2, -0.15) is 0 Å². The number of hydrogen-bond donors (Lipinski definition) is 1. The monoisotopic (exact) mass is 163 g/mol. The quantitative estimate of drug-likeness (QED) is 0.590. The Kier molecular flexibility index (Phi) is 4.31. The molecule has 60 valence electrons. The van der Waals surface area contributed by atoms with Gasteiger partial charge >= 0.3 is 0 Å². The minimum absolute atomic E-state index is 0.112. The molecule has 0 aromatic heterocycles. The standard InChI is InChI=1S/C6H13NO2S/c1-2-10(8,9)6-4-3-5-7/h3-4H,2,5-7H2,1H3/b4-3+. The largest absolute Gasteiger partial charge is 0.327 e. The Morgan fingerprint density at radius 3 is 2.40 bits per heavy atom. The highest BCUT2D eigenvalue weighted by molar-refractivity contribution is 7.91. The summed E-state index contributed by atoms with van der Waals surface area (Å²) >= 11 is 0. The molecule has 2 N–H and O–H groups in total. The van der Waals surface area contributed by atoms with E-state index in [4.69, 9.17) is 5.73 Å². The molecule has 0 bridgehead atoms. The van der Waals surface area contributed by atoms with Crippen LogP contribution < -0.4 is 5.73 Å². The van der Waals surface area contributed by atoms with E-state index in [1.807, 2.05) is 0 Å². The zero-order valence-electron chi connectivity index (χ0n) is 6.08. The van der Waals surface area contributed by atoms with E-state index < -0.39 is 9.84 Å². The van der Waals surface area contributed by atoms with Crippen molar-refractivity contribution in [1.29, 1.82) is 0 Å². The molecular formula is C6H13NO2S. The predicted octanol–water partition coefficient (Wildman–Crippen LogP) is -0.0640. The van der Waals surface area contributed by atoms with Crippen molar-refractivity contribution in [2.24, 2.45) is 5.73 Å². The molecule has 0 aliphatic heterocycles. The van der Waals surface area contributed by atoms with E-state index in [9.17, 15) is 8.42 Å². The Hall–Kier alpha value is -0.350. The average molecular weight is 163 g/mol. The lowest BCUT2D eigenvalue weighted by molar-refractivity contribution is 0.600. The number of sulfone groups is 1. The van der Waals surface area contributed by atoms with Gasteiger partial charge in [0, 0.05) is 12.3 Å². The molecule has 0 fully saturated rings. The van der Waals surface area contributed by atoms with Crippen molar-refractivity contribution in [2.75, 3.05) is 18.1 Å². The lowest BCUT2D eigenvalue weighted by Gasteiger charge is -1.92. The summed E-state index contributed by atoms with van der Waals surface area (Å²) < 4.78 is 21.6. The van der Waals surface area contributed by atoms with Crippen molar-refractivity contribution < 1.29 is 8.42 Å². The zero-order valence-corrected chi connectivity index (χ0v) is 6.89. The van der Waals surface area contributed by atoms with Gasteiger partial charge < -0.3 is 5.73 Å². The van der Waals surface area contributed by atoms with E-state index in [-0.39, 0.29) is 11.5 Å². The highest BCUT2D eigenvalue weighted by Crippen LogP contribution is 1.88. The van der Waals surface area contributed by atoms with Crippen LogP contribution >= 0.6 is 0 Å². The van der Waals surface area contributed by atoms with Gasteiger partial charge in [0.25, 0.3) is 0 Å². The third-order valence-electron chi connectivity index (χ3n) is 1.09. The van der Waals surface area contributed by atoms with E-state index >= 15 is 0 Å². The lowest BCUT2D eigenvalue weighted by atomic mass is 10.5. The second-order valence-electron chi connectivity index (χ2n) is 1.91. The van der Waals surface area contributed by atoms with E-state index in [1.165, 1.54) is 0 Å². The van der Waals surface area contributed by atoms with Gasteiger partial charge in [-0.3, -0.25) is 0 Å². The van der Waals surface area contributed by atoms with E-state index in [0.29, 0.717) is 6.54 Å². The smallest absolute Gasteiger partial charge is 0.153 e. The van der Waals surface area contributed by atoms with Crippen LogP contribution in [0, 0.1) is 0 Å². The van der Waals surface area contributed by atoms with Gasteiger partial charge in [-0.25, -0.2) is 8.42 Å². The molecule has 0 spiro atoms. The number of rotatable bonds is 4. The third-order valence-corrected chi connectivity index (χ3v) is 2.67. The molecule has 0 aromatic carbocycles. The van der Waals surface area contributed by atoms with Crippen LogP contribution in [0.3, 0.4) is 0 Å². The van der Waals surface area contributed by atoms with Crippen LogP contribution in [-0.2, 0) is 9.84 Å². The van der Waals surface area contributed by atoms with Gasteiger partial charge in [-0.15, -0.1) is 0 Å². The van der Waals surface area contributed by atoms with Crippen LogP contribution in [0.4, 0.5) is 0 Å². The van der Waals surface area contributed by atoms with Crippen molar-refractivity contribution in [1.82, 2.24) is 0 Å². The molecule has 0 atom stereocenters. The van der Waals surface area contributed by atoms with Gasteiger partial charge in [0.15, 0.2) is 9.84 Å². The average Bonchev–Trinajstić information content (AvgIpc) is 1.89. The molecule has 0 rings (SSSR count). The van der Waals surface area contributed by atoms with Crippen molar-refractivity contribution in [3.63, 3.8) is 0 Å². The Labute approximate surface area is 61.8 Å². The fraction of sp³-hybridized carbons (Fsp3) is 0.667. The normalized spacial score (nSPS) is 12.6. The van der Waals surface area contributed by atoms with Crippen LogP contribution in [-0.4, -0.2) is 26.5 Å². The molecular weight excluding hydrogens is 150 g/mol. The Bertz CT molecular complexity index is 194. The lowest BCUT2D eigenvalue weighted by Crippen LogP contribution is -2.06. The molecule has 3 nitrogen and oxygen atoms in total. The summed E-state index contributed by atoms with van der Waals surface area (Å²) in [5.74, 6) is 0.308. The van der Waals surface area contributed by atoms with E-state index in [1.54, 1.807) is 19.1 Å². The summed E-state index contributed by atoms with van der Waals surface area (Å²) in [6, 6.07) is 0. The Morgan fingerprint density at radius 1 is 1.40 bits per heavy atom. The first-order valence-corrected chi connectivity index (χ1v) is 5.00. The van der Waals surface area contributed by atoms with Crippen LogP contribution in [0.2, 0.25) is 0 Å². The second kappa shape index (κ2) is 4.46. The molecule has 0 unspecified atom stereocenters. The molecule has 4 heteroatoms. The van der Waals surface area contributed by atoms with E-state index in [2.05, 4.69) is 0 Å². The second-order valence-corrected chi connectivity index (χ2v) is 4.30. The van der Waals surface area contributed by atoms with Gasteiger partial charge in [0.1, 0.15) is 0 Å². The first kappa shape index (κ1) is 9.65. The Balaban J connectivity index is 3.80. The maximum atomic E-state index is 10.8. The van der Waals surface area contributed by atoms with Crippen LogP contribution in [0.15, 0.2) is 12.2 Å². The summed E-state index contributed by atoms with van der Waals surface area (Å²) in [5.41, 5.74) is 5.12. The molecule has 0 aliphatic carbocycles. The van der Waals surface area contributed by atoms with Crippen LogP contribution in [0.5, 0.6) is 0 Å². The molecule has 0 heterocycles. The van der Waals surface area contributed by atoms with Crippen LogP contribution in [0.25, 0.3) is 0 Å². The molecule has 0 amide bonds. The maximum Gasteiger partial charge on any atom is 0.153 e. The number of nitrogens with two attached hydrogens (primary N) is 1. The topological polar surface area (TPSA) is 60.2 Å². The highest BCUT2D eigenvalue weighted by Gasteiger charge is 2.01. The molecule has 10 heavy (non-hydrogen) atoms. The molecule has 0 aliphatic rings. The summed E-state index contributed by atoms with van der Waals surface area (Å²) in [6.07, 6.45) is 3.23. The third kappa shape index (κ3) is 4.52. The zero-order chi connectivity index (χ0) is 8.04. The minimum atomic E-state index is -2.83. The molecule has 0 aromatic rings. The fourth-order valence-electron chi connectivity index (χ4n) is 0.429. The maximum absolute atomic E-state index is 10.8. The van der Waals surface area contributed by atoms with Gasteiger partial charge in [0.2, 0.25) is 0 Å². The van der Waals surface area contributed by atoms with E-state index in [0.717, 1.165) is 0 Å². The van der Waals surface area contributed by atoms with Crippen molar-refractivity contribution >= 4 is 9.84 Å². The molecule has 0 saturated carbocycles. The predicted molar refractivity (Wildman–Crippen MR) is 42.5 cm³/mol. The molecule has 0 radical (unpaired) electrons.